The third kappa shape index (κ3) is 3.71. The Balaban J connectivity index is 2.20. The average molecular weight is 370 g/mol. The van der Waals surface area contributed by atoms with Crippen molar-refractivity contribution >= 4 is 27.5 Å². The van der Waals surface area contributed by atoms with Gasteiger partial charge in [-0.2, -0.15) is 0 Å². The molecule has 0 aliphatic rings. The first-order valence-corrected chi connectivity index (χ1v) is 6.71. The van der Waals surface area contributed by atoms with E-state index in [-0.39, 0.29) is 29.0 Å². The van der Waals surface area contributed by atoms with Crippen molar-refractivity contribution in [3.05, 3.63) is 50.3 Å². The van der Waals surface area contributed by atoms with E-state index in [2.05, 4.69) is 51.4 Å². The molecule has 0 aliphatic heterocycles. The van der Waals surface area contributed by atoms with Crippen molar-refractivity contribution in [3.63, 3.8) is 0 Å². The summed E-state index contributed by atoms with van der Waals surface area (Å²) in [4.78, 5) is 2.63. The van der Waals surface area contributed by atoms with Gasteiger partial charge in [0.05, 0.1) is 4.47 Å². The zero-order valence-corrected chi connectivity index (χ0v) is 12.5. The monoisotopic (exact) mass is 369 g/mol. The first-order valence-electron chi connectivity index (χ1n) is 5.92. The molecule has 2 rings (SSSR count). The number of halogens is 2. The van der Waals surface area contributed by atoms with E-state index in [4.69, 9.17) is 10.7 Å². The summed E-state index contributed by atoms with van der Waals surface area (Å²) in [5.41, 5.74) is 9.23. The van der Waals surface area contributed by atoms with Crippen molar-refractivity contribution in [1.29, 1.82) is 0 Å². The van der Waals surface area contributed by atoms with Crippen LogP contribution < -0.4 is 5.32 Å². The second-order valence-electron chi connectivity index (χ2n) is 3.97. The van der Waals surface area contributed by atoms with Crippen molar-refractivity contribution in [2.24, 2.45) is 10.3 Å². The highest BCUT2D eigenvalue weighted by molar-refractivity contribution is 9.10. The number of oxime groups is 1. The standard InChI is InChI=1S/C11H9BrFN7O2/c12-7-5-6(1-2-8(7)13)16-11(17-21)10-9(18-22-19-10)3-4-15-20-14/h1-2,5,21H,3-4H2,(H,16,17). The van der Waals surface area contributed by atoms with E-state index in [9.17, 15) is 4.39 Å². The lowest BCUT2D eigenvalue weighted by Gasteiger charge is -2.07. The van der Waals surface area contributed by atoms with E-state index < -0.39 is 5.82 Å². The predicted octanol–water partition coefficient (Wildman–Crippen LogP) is 3.07. The van der Waals surface area contributed by atoms with Gasteiger partial charge in [-0.1, -0.05) is 15.4 Å². The summed E-state index contributed by atoms with van der Waals surface area (Å²) in [5, 5.41) is 25.7. The molecule has 0 amide bonds. The van der Waals surface area contributed by atoms with Crippen LogP contribution in [0.15, 0.2) is 37.6 Å². The van der Waals surface area contributed by atoms with E-state index in [0.29, 0.717) is 11.4 Å². The van der Waals surface area contributed by atoms with Crippen molar-refractivity contribution in [1.82, 2.24) is 10.3 Å². The Morgan fingerprint density at radius 3 is 3.00 bits per heavy atom. The average Bonchev–Trinajstić information content (AvgIpc) is 2.97. The number of hydrogen-bond donors (Lipinski definition) is 2. The number of nitrogens with zero attached hydrogens (tertiary/aromatic N) is 6. The Morgan fingerprint density at radius 1 is 1.50 bits per heavy atom. The molecule has 22 heavy (non-hydrogen) atoms. The minimum absolute atomic E-state index is 0.0318. The molecule has 0 unspecified atom stereocenters. The molecular formula is C11H9BrFN7O2. The molecule has 0 aliphatic carbocycles. The Labute approximate surface area is 131 Å². The zero-order chi connectivity index (χ0) is 15.9. The van der Waals surface area contributed by atoms with Gasteiger partial charge < -0.3 is 10.5 Å². The van der Waals surface area contributed by atoms with E-state index in [1.165, 1.54) is 18.2 Å². The largest absolute Gasteiger partial charge is 0.409 e. The lowest BCUT2D eigenvalue weighted by molar-refractivity contribution is 0.301. The molecule has 2 aromatic rings. The summed E-state index contributed by atoms with van der Waals surface area (Å²) in [6, 6.07) is 4.16. The minimum Gasteiger partial charge on any atom is -0.409 e. The highest BCUT2D eigenvalue weighted by atomic mass is 79.9. The smallest absolute Gasteiger partial charge is 0.201 e. The number of aromatic nitrogens is 2. The van der Waals surface area contributed by atoms with E-state index >= 15 is 0 Å². The summed E-state index contributed by atoms with van der Waals surface area (Å²) < 4.78 is 18.0. The molecule has 9 nitrogen and oxygen atoms in total. The molecule has 0 saturated heterocycles. The quantitative estimate of drug-likeness (QED) is 0.159. The van der Waals surface area contributed by atoms with Crippen molar-refractivity contribution in [2.45, 2.75) is 6.42 Å². The molecule has 0 bridgehead atoms. The number of hydrogen-bond acceptors (Lipinski definition) is 6. The number of benzene rings is 1. The summed E-state index contributed by atoms with van der Waals surface area (Å²) >= 11 is 3.05. The van der Waals surface area contributed by atoms with Gasteiger partial charge in [0.1, 0.15) is 11.5 Å². The van der Waals surface area contributed by atoms with Gasteiger partial charge in [0, 0.05) is 23.6 Å². The molecule has 114 valence electrons. The number of nitrogens with one attached hydrogen (secondary N) is 1. The highest BCUT2D eigenvalue weighted by Crippen LogP contribution is 2.20. The van der Waals surface area contributed by atoms with Gasteiger partial charge in [-0.25, -0.2) is 9.02 Å². The highest BCUT2D eigenvalue weighted by Gasteiger charge is 2.17. The third-order valence-corrected chi connectivity index (χ3v) is 3.18. The fraction of sp³-hybridized carbons (Fsp3) is 0.182. The lowest BCUT2D eigenvalue weighted by Crippen LogP contribution is -2.16. The lowest BCUT2D eigenvalue weighted by atomic mass is 10.2. The first kappa shape index (κ1) is 15.7. The van der Waals surface area contributed by atoms with Crippen LogP contribution in [0.25, 0.3) is 10.4 Å². The molecule has 1 aromatic carbocycles. The van der Waals surface area contributed by atoms with Gasteiger partial charge in [0.25, 0.3) is 0 Å². The van der Waals surface area contributed by atoms with Crippen LogP contribution in [-0.4, -0.2) is 27.9 Å². The molecule has 0 saturated carbocycles. The molecule has 2 N–H and O–H groups in total. The normalized spacial score (nSPS) is 11.1. The van der Waals surface area contributed by atoms with Gasteiger partial charge in [-0.3, -0.25) is 0 Å². The van der Waals surface area contributed by atoms with Gasteiger partial charge in [0.2, 0.25) is 5.84 Å². The molecule has 0 spiro atoms. The Kier molecular flexibility index (Phi) is 5.28. The fourth-order valence-electron chi connectivity index (χ4n) is 1.59. The third-order valence-electron chi connectivity index (χ3n) is 2.57. The number of azide groups is 1. The van der Waals surface area contributed by atoms with E-state index in [1.54, 1.807) is 0 Å². The van der Waals surface area contributed by atoms with Crippen LogP contribution in [0.2, 0.25) is 0 Å². The van der Waals surface area contributed by atoms with Crippen molar-refractivity contribution in [2.75, 3.05) is 11.9 Å². The predicted molar refractivity (Wildman–Crippen MR) is 78.1 cm³/mol. The SMILES string of the molecule is [N-]=[N+]=NCCc1nonc1C(=NO)Nc1ccc(F)c(Br)c1. The van der Waals surface area contributed by atoms with Crippen LogP contribution in [0, 0.1) is 5.82 Å². The second-order valence-corrected chi connectivity index (χ2v) is 4.82. The Hall–Kier alpha value is -2.65. The van der Waals surface area contributed by atoms with Gasteiger partial charge in [0.15, 0.2) is 5.69 Å². The fourth-order valence-corrected chi connectivity index (χ4v) is 1.97. The summed E-state index contributed by atoms with van der Waals surface area (Å²) in [6.07, 6.45) is 0.261. The van der Waals surface area contributed by atoms with Crippen LogP contribution in [-0.2, 0) is 6.42 Å². The van der Waals surface area contributed by atoms with Crippen LogP contribution in [0.1, 0.15) is 11.4 Å². The maximum atomic E-state index is 13.2. The van der Waals surface area contributed by atoms with Crippen molar-refractivity contribution < 1.29 is 14.2 Å². The zero-order valence-electron chi connectivity index (χ0n) is 10.9. The summed E-state index contributed by atoms with van der Waals surface area (Å²) in [6.45, 7) is 0.151. The Morgan fingerprint density at radius 2 is 2.32 bits per heavy atom. The van der Waals surface area contributed by atoms with Gasteiger partial charge in [-0.15, -0.1) is 0 Å². The Bertz CT molecular complexity index is 742. The first-order chi connectivity index (χ1) is 10.7. The molecule has 0 fully saturated rings. The van der Waals surface area contributed by atoms with Crippen LogP contribution in [0.5, 0.6) is 0 Å². The maximum Gasteiger partial charge on any atom is 0.201 e. The number of anilines is 1. The maximum absolute atomic E-state index is 13.2. The second kappa shape index (κ2) is 7.38. The van der Waals surface area contributed by atoms with Crippen LogP contribution in [0.3, 0.4) is 0 Å². The number of rotatable bonds is 5. The minimum atomic E-state index is -0.425. The van der Waals surface area contributed by atoms with Crippen molar-refractivity contribution in [3.8, 4) is 0 Å². The molecule has 11 heteroatoms. The van der Waals surface area contributed by atoms with E-state index in [1.807, 2.05) is 0 Å². The molecular weight excluding hydrogens is 361 g/mol. The molecule has 0 radical (unpaired) electrons. The molecule has 1 heterocycles. The summed E-state index contributed by atoms with van der Waals surface area (Å²) in [5.74, 6) is -0.457. The molecule has 0 atom stereocenters. The van der Waals surface area contributed by atoms with Gasteiger partial charge >= 0.3 is 0 Å². The van der Waals surface area contributed by atoms with Crippen LogP contribution in [0.4, 0.5) is 10.1 Å². The van der Waals surface area contributed by atoms with Gasteiger partial charge in [-0.05, 0) is 44.8 Å². The topological polar surface area (TPSA) is 132 Å². The number of amidine groups is 1. The van der Waals surface area contributed by atoms with E-state index in [0.717, 1.165) is 0 Å². The molecule has 1 aromatic heterocycles. The summed E-state index contributed by atoms with van der Waals surface area (Å²) in [7, 11) is 0. The van der Waals surface area contributed by atoms with Crippen LogP contribution >= 0.6 is 15.9 Å².